The summed E-state index contributed by atoms with van der Waals surface area (Å²) in [5.41, 5.74) is 0.999. The molecule has 6 heteroatoms. The van der Waals surface area contributed by atoms with Crippen LogP contribution in [0.5, 0.6) is 0 Å². The van der Waals surface area contributed by atoms with E-state index in [9.17, 15) is 9.18 Å². The number of benzene rings is 1. The summed E-state index contributed by atoms with van der Waals surface area (Å²) in [6.07, 6.45) is 3.38. The Kier molecular flexibility index (Phi) is 5.50. The number of hydrogen-bond donors (Lipinski definition) is 2. The second-order valence-electron chi connectivity index (χ2n) is 5.05. The maximum absolute atomic E-state index is 13.9. The fraction of sp³-hybridized carbons (Fsp3) is 0.467. The van der Waals surface area contributed by atoms with Crippen LogP contribution in [-0.4, -0.2) is 24.1 Å². The van der Waals surface area contributed by atoms with Crippen LogP contribution in [0.25, 0.3) is 0 Å². The number of nitrogens with zero attached hydrogens (tertiary/aromatic N) is 1. The summed E-state index contributed by atoms with van der Waals surface area (Å²) in [4.78, 5) is 13.2. The first kappa shape index (κ1) is 15.7. The van der Waals surface area contributed by atoms with Crippen LogP contribution in [0.1, 0.15) is 32.6 Å². The van der Waals surface area contributed by atoms with Gasteiger partial charge in [-0.1, -0.05) is 13.3 Å². The van der Waals surface area contributed by atoms with Crippen LogP contribution in [0.4, 0.5) is 15.8 Å². The summed E-state index contributed by atoms with van der Waals surface area (Å²) in [7, 11) is 0. The third-order valence-corrected chi connectivity index (χ3v) is 3.63. The number of nitrogens with one attached hydrogen (secondary N) is 2. The summed E-state index contributed by atoms with van der Waals surface area (Å²) in [6, 6.07) is 4.61. The molecule has 114 valence electrons. The second-order valence-corrected chi connectivity index (χ2v) is 5.46. The number of carbonyl (C=O) groups excluding carboxylic acids is 1. The van der Waals surface area contributed by atoms with E-state index in [4.69, 9.17) is 12.2 Å². The van der Waals surface area contributed by atoms with Crippen molar-refractivity contribution in [3.05, 3.63) is 24.0 Å². The normalized spacial score (nSPS) is 14.4. The first-order valence-electron chi connectivity index (χ1n) is 7.26. The molecule has 2 N–H and O–H groups in total. The predicted octanol–water partition coefficient (Wildman–Crippen LogP) is 3.04. The van der Waals surface area contributed by atoms with E-state index in [2.05, 4.69) is 17.6 Å². The highest BCUT2D eigenvalue weighted by Crippen LogP contribution is 2.27. The molecule has 0 saturated carbocycles. The van der Waals surface area contributed by atoms with Gasteiger partial charge in [0, 0.05) is 25.2 Å². The molecule has 1 heterocycles. The first-order valence-corrected chi connectivity index (χ1v) is 7.67. The lowest BCUT2D eigenvalue weighted by atomic mass is 10.2. The maximum atomic E-state index is 13.9. The van der Waals surface area contributed by atoms with Gasteiger partial charge in [0.25, 0.3) is 0 Å². The Morgan fingerprint density at radius 3 is 2.95 bits per heavy atom. The Morgan fingerprint density at radius 1 is 1.48 bits per heavy atom. The van der Waals surface area contributed by atoms with Crippen LogP contribution in [0.3, 0.4) is 0 Å². The largest absolute Gasteiger partial charge is 0.362 e. The average Bonchev–Trinajstić information content (AvgIpc) is 2.87. The third-order valence-electron chi connectivity index (χ3n) is 3.38. The number of anilines is 2. The molecule has 0 atom stereocenters. The fourth-order valence-corrected chi connectivity index (χ4v) is 2.47. The quantitative estimate of drug-likeness (QED) is 0.648. The van der Waals surface area contributed by atoms with Crippen molar-refractivity contribution in [2.24, 2.45) is 0 Å². The predicted molar refractivity (Wildman–Crippen MR) is 87.1 cm³/mol. The Labute approximate surface area is 129 Å². The molecule has 1 fully saturated rings. The van der Waals surface area contributed by atoms with E-state index in [0.29, 0.717) is 29.5 Å². The Hall–Kier alpha value is -1.69. The molecule has 0 spiro atoms. The molecule has 0 radical (unpaired) electrons. The SMILES string of the molecule is CCCCNC(=S)Nc1ccc(F)c(N2CCCC2=O)c1. The molecule has 1 aromatic carbocycles. The topological polar surface area (TPSA) is 44.4 Å². The lowest BCUT2D eigenvalue weighted by Gasteiger charge is -2.18. The number of amides is 1. The second kappa shape index (κ2) is 7.36. The lowest BCUT2D eigenvalue weighted by Crippen LogP contribution is -2.29. The summed E-state index contributed by atoms with van der Waals surface area (Å²) in [5.74, 6) is -0.421. The Balaban J connectivity index is 2.04. The summed E-state index contributed by atoms with van der Waals surface area (Å²) in [5, 5.41) is 6.62. The molecule has 21 heavy (non-hydrogen) atoms. The monoisotopic (exact) mass is 309 g/mol. The van der Waals surface area contributed by atoms with E-state index in [0.717, 1.165) is 25.8 Å². The molecule has 4 nitrogen and oxygen atoms in total. The number of unbranched alkanes of at least 4 members (excludes halogenated alkanes) is 1. The lowest BCUT2D eigenvalue weighted by molar-refractivity contribution is -0.117. The molecule has 0 aliphatic carbocycles. The highest BCUT2D eigenvalue weighted by atomic mass is 32.1. The van der Waals surface area contributed by atoms with Crippen molar-refractivity contribution in [2.75, 3.05) is 23.3 Å². The maximum Gasteiger partial charge on any atom is 0.227 e. The van der Waals surface area contributed by atoms with E-state index in [1.165, 1.54) is 11.0 Å². The van der Waals surface area contributed by atoms with Crippen LogP contribution in [0, 0.1) is 5.82 Å². The van der Waals surface area contributed by atoms with Crippen molar-refractivity contribution in [1.82, 2.24) is 5.32 Å². The van der Waals surface area contributed by atoms with Gasteiger partial charge in [-0.2, -0.15) is 0 Å². The highest BCUT2D eigenvalue weighted by molar-refractivity contribution is 7.80. The molecular weight excluding hydrogens is 289 g/mol. The van der Waals surface area contributed by atoms with Crippen molar-refractivity contribution in [1.29, 1.82) is 0 Å². The van der Waals surface area contributed by atoms with Crippen LogP contribution in [0.2, 0.25) is 0 Å². The van der Waals surface area contributed by atoms with E-state index in [-0.39, 0.29) is 11.7 Å². The zero-order chi connectivity index (χ0) is 15.2. The zero-order valence-corrected chi connectivity index (χ0v) is 12.9. The van der Waals surface area contributed by atoms with Gasteiger partial charge < -0.3 is 15.5 Å². The molecule has 2 rings (SSSR count). The minimum Gasteiger partial charge on any atom is -0.362 e. The summed E-state index contributed by atoms with van der Waals surface area (Å²) >= 11 is 5.19. The number of halogens is 1. The fourth-order valence-electron chi connectivity index (χ4n) is 2.25. The molecule has 1 saturated heterocycles. The minimum absolute atomic E-state index is 0.0327. The molecule has 1 amide bonds. The molecule has 0 unspecified atom stereocenters. The highest BCUT2D eigenvalue weighted by Gasteiger charge is 2.24. The van der Waals surface area contributed by atoms with Crippen LogP contribution < -0.4 is 15.5 Å². The van der Waals surface area contributed by atoms with Gasteiger partial charge in [-0.3, -0.25) is 4.79 Å². The van der Waals surface area contributed by atoms with E-state index >= 15 is 0 Å². The van der Waals surface area contributed by atoms with Gasteiger partial charge in [0.15, 0.2) is 5.11 Å². The molecular formula is C15H20FN3OS. The average molecular weight is 309 g/mol. The minimum atomic E-state index is -0.388. The van der Waals surface area contributed by atoms with Gasteiger partial charge >= 0.3 is 0 Å². The van der Waals surface area contributed by atoms with Gasteiger partial charge in [0.1, 0.15) is 5.82 Å². The van der Waals surface area contributed by atoms with Crippen LogP contribution in [0.15, 0.2) is 18.2 Å². The van der Waals surface area contributed by atoms with Crippen molar-refractivity contribution >= 4 is 34.6 Å². The van der Waals surface area contributed by atoms with Gasteiger partial charge in [0.05, 0.1) is 5.69 Å². The van der Waals surface area contributed by atoms with Gasteiger partial charge in [-0.05, 0) is 43.3 Å². The smallest absolute Gasteiger partial charge is 0.227 e. The van der Waals surface area contributed by atoms with Crippen molar-refractivity contribution in [3.63, 3.8) is 0 Å². The van der Waals surface area contributed by atoms with Crippen molar-refractivity contribution < 1.29 is 9.18 Å². The molecule has 1 aromatic rings. The summed E-state index contributed by atoms with van der Waals surface area (Å²) < 4.78 is 13.9. The number of rotatable bonds is 5. The molecule has 1 aliphatic rings. The van der Waals surface area contributed by atoms with E-state index in [1.54, 1.807) is 12.1 Å². The number of thiocarbonyl (C=S) groups is 1. The number of hydrogen-bond acceptors (Lipinski definition) is 2. The van der Waals surface area contributed by atoms with Crippen LogP contribution in [-0.2, 0) is 4.79 Å². The molecule has 0 bridgehead atoms. The standard InChI is InChI=1S/C15H20FN3OS/c1-2-3-8-17-15(21)18-11-6-7-12(16)13(10-11)19-9-4-5-14(19)20/h6-7,10H,2-5,8-9H2,1H3,(H2,17,18,21). The van der Waals surface area contributed by atoms with Gasteiger partial charge in [-0.25, -0.2) is 4.39 Å². The van der Waals surface area contributed by atoms with E-state index in [1.807, 2.05) is 0 Å². The van der Waals surface area contributed by atoms with Crippen molar-refractivity contribution in [2.45, 2.75) is 32.6 Å². The van der Waals surface area contributed by atoms with E-state index < -0.39 is 0 Å². The molecule has 0 aromatic heterocycles. The van der Waals surface area contributed by atoms with Crippen molar-refractivity contribution in [3.8, 4) is 0 Å². The third kappa shape index (κ3) is 4.14. The first-order chi connectivity index (χ1) is 10.1. The van der Waals surface area contributed by atoms with Gasteiger partial charge in [0.2, 0.25) is 5.91 Å². The molecule has 1 aliphatic heterocycles. The Morgan fingerprint density at radius 2 is 2.29 bits per heavy atom. The Bertz CT molecular complexity index is 536. The zero-order valence-electron chi connectivity index (χ0n) is 12.1. The van der Waals surface area contributed by atoms with Crippen LogP contribution >= 0.6 is 12.2 Å². The summed E-state index contributed by atoms with van der Waals surface area (Å²) in [6.45, 7) is 3.48. The number of carbonyl (C=O) groups is 1. The van der Waals surface area contributed by atoms with Gasteiger partial charge in [-0.15, -0.1) is 0 Å².